The molecule has 0 spiro atoms. The Morgan fingerprint density at radius 3 is 1.06 bits per heavy atom. The lowest BCUT2D eigenvalue weighted by Gasteiger charge is -2.27. The molecule has 0 heterocycles. The quantitative estimate of drug-likeness (QED) is 0.0205. The molecule has 0 aromatic carbocycles. The third kappa shape index (κ3) is 69.9. The predicted octanol–water partition coefficient (Wildman–Crippen LogP) is 24.9. The number of unbranched alkanes of at least 4 members (excludes halogenated alkanes) is 47. The van der Waals surface area contributed by atoms with Crippen LogP contribution >= 0.6 is 7.82 Å². The Balaban J connectivity index is 4.99. The van der Waals surface area contributed by atoms with Crippen molar-refractivity contribution >= 4 is 19.7 Å². The molecule has 0 aliphatic carbocycles. The van der Waals surface area contributed by atoms with Gasteiger partial charge in [0.25, 0.3) is 0 Å². The van der Waals surface area contributed by atoms with Gasteiger partial charge in [0, 0.05) is 12.8 Å². The van der Waals surface area contributed by atoms with Gasteiger partial charge >= 0.3 is 13.8 Å². The smallest absolute Gasteiger partial charge is 0.456 e. The van der Waals surface area contributed by atoms with Gasteiger partial charge in [-0.15, -0.1) is 0 Å². The van der Waals surface area contributed by atoms with Crippen LogP contribution in [0.3, 0.4) is 0 Å². The number of phosphoric ester groups is 1. The highest BCUT2D eigenvalue weighted by molar-refractivity contribution is 7.47. The van der Waals surface area contributed by atoms with Crippen LogP contribution in [0.4, 0.5) is 0 Å². The lowest BCUT2D eigenvalue weighted by atomic mass is 10.0. The summed E-state index contributed by atoms with van der Waals surface area (Å²) >= 11 is 0. The molecule has 0 aliphatic heterocycles. The molecule has 0 saturated heterocycles. The minimum Gasteiger partial charge on any atom is -0.456 e. The maximum Gasteiger partial charge on any atom is 0.472 e. The molecule has 0 aliphatic rings. The van der Waals surface area contributed by atoms with Crippen molar-refractivity contribution in [1.82, 2.24) is 5.32 Å². The number of carbonyl (C=O) groups is 2. The molecule has 522 valence electrons. The minimum atomic E-state index is -4.46. The summed E-state index contributed by atoms with van der Waals surface area (Å²) < 4.78 is 30.9. The summed E-state index contributed by atoms with van der Waals surface area (Å²) in [6, 6.07) is -0.850. The van der Waals surface area contributed by atoms with Crippen molar-refractivity contribution in [1.29, 1.82) is 0 Å². The molecular formula is C79H150N2O7P+. The van der Waals surface area contributed by atoms with Crippen molar-refractivity contribution in [3.8, 4) is 0 Å². The predicted molar refractivity (Wildman–Crippen MR) is 388 cm³/mol. The first-order valence-corrected chi connectivity index (χ1v) is 40.1. The molecular weight excluding hydrogens is 1120 g/mol. The number of allylic oxidation sites excluding steroid dienone is 9. The highest BCUT2D eigenvalue weighted by Gasteiger charge is 2.30. The van der Waals surface area contributed by atoms with Crippen molar-refractivity contribution in [3.05, 3.63) is 60.8 Å². The summed E-state index contributed by atoms with van der Waals surface area (Å²) in [7, 11) is 1.51. The second-order valence-corrected chi connectivity index (χ2v) is 29.0. The van der Waals surface area contributed by atoms with E-state index in [2.05, 4.69) is 80.8 Å². The molecule has 0 saturated carbocycles. The lowest BCUT2D eigenvalue weighted by molar-refractivity contribution is -0.870. The van der Waals surface area contributed by atoms with E-state index in [-0.39, 0.29) is 25.1 Å². The second-order valence-electron chi connectivity index (χ2n) is 27.5. The number of phosphoric acid groups is 1. The molecule has 3 atom stereocenters. The van der Waals surface area contributed by atoms with E-state index in [1.165, 1.54) is 276 Å². The number of nitrogens with one attached hydrogen (secondary N) is 1. The van der Waals surface area contributed by atoms with Crippen molar-refractivity contribution in [2.24, 2.45) is 0 Å². The monoisotopic (exact) mass is 1270 g/mol. The third-order valence-corrected chi connectivity index (χ3v) is 18.4. The largest absolute Gasteiger partial charge is 0.472 e. The zero-order valence-electron chi connectivity index (χ0n) is 59.9. The first-order chi connectivity index (χ1) is 43.4. The molecule has 0 aromatic rings. The molecule has 0 radical (unpaired) electrons. The van der Waals surface area contributed by atoms with Crippen LogP contribution in [0.2, 0.25) is 0 Å². The summed E-state index contributed by atoms with van der Waals surface area (Å²) in [5.74, 6) is -0.488. The van der Waals surface area contributed by atoms with Gasteiger partial charge in [-0.2, -0.15) is 0 Å². The van der Waals surface area contributed by atoms with Gasteiger partial charge in [0.1, 0.15) is 19.3 Å². The maximum absolute atomic E-state index is 13.7. The second kappa shape index (κ2) is 68.6. The Hall–Kier alpha value is -2.29. The number of quaternary nitrogens is 1. The first kappa shape index (κ1) is 86.7. The Morgan fingerprint density at radius 1 is 0.393 bits per heavy atom. The zero-order chi connectivity index (χ0) is 64.9. The van der Waals surface area contributed by atoms with Gasteiger partial charge in [-0.25, -0.2) is 4.57 Å². The average molecular weight is 1270 g/mol. The maximum atomic E-state index is 13.7. The van der Waals surface area contributed by atoms with E-state index >= 15 is 0 Å². The van der Waals surface area contributed by atoms with Gasteiger partial charge < -0.3 is 19.4 Å². The number of hydrogen-bond donors (Lipinski definition) is 2. The molecule has 1 amide bonds. The molecule has 3 unspecified atom stereocenters. The highest BCUT2D eigenvalue weighted by Crippen LogP contribution is 2.43. The number of rotatable bonds is 71. The lowest BCUT2D eigenvalue weighted by Crippen LogP contribution is -2.47. The Labute approximate surface area is 553 Å². The summed E-state index contributed by atoms with van der Waals surface area (Å²) in [4.78, 5) is 38.0. The minimum absolute atomic E-state index is 0.0412. The van der Waals surface area contributed by atoms with Crippen LogP contribution in [0.25, 0.3) is 0 Å². The Morgan fingerprint density at radius 2 is 0.685 bits per heavy atom. The van der Waals surface area contributed by atoms with E-state index in [0.717, 1.165) is 70.6 Å². The van der Waals surface area contributed by atoms with E-state index in [9.17, 15) is 19.0 Å². The van der Waals surface area contributed by atoms with Gasteiger partial charge in [-0.3, -0.25) is 18.6 Å². The number of likely N-dealkylation sites (N-methyl/N-ethyl adjacent to an activating group) is 1. The van der Waals surface area contributed by atoms with Crippen LogP contribution in [-0.4, -0.2) is 74.3 Å². The van der Waals surface area contributed by atoms with Crippen LogP contribution in [0.15, 0.2) is 60.8 Å². The van der Waals surface area contributed by atoms with Crippen LogP contribution in [-0.2, 0) is 27.9 Å². The standard InChI is InChI=1S/C79H149N2O7P/c1-7-10-13-16-19-22-25-28-30-32-34-36-38-39-40-41-43-45-47-49-51-54-57-60-63-66-69-72-79(83)88-77(70-67-64-61-58-55-52-27-24-21-18-15-12-9-3)76(75-87-89(84,85)86-74-73-81(4,5)6)80-78(82)71-68-65-62-59-56-53-50-48-46-44-42-37-35-33-31-29-26-23-20-17-14-11-8-2/h19,22,28-31,34,36,67,70,76-77H,7-18,20-21,23-27,32-33,35,37-66,68-69,71-75H2,1-6H3,(H-,80,82,84,85)/p+1/b22-19-,30-28-,31-29+,36-34-,70-67+. The molecule has 0 aromatic heterocycles. The van der Waals surface area contributed by atoms with Gasteiger partial charge in [0.15, 0.2) is 0 Å². The normalized spacial score (nSPS) is 13.7. The molecule has 9 nitrogen and oxygen atoms in total. The number of carbonyl (C=O) groups excluding carboxylic acids is 2. The number of ether oxygens (including phenoxy) is 1. The fourth-order valence-corrected chi connectivity index (χ4v) is 12.2. The molecule has 0 bridgehead atoms. The Bertz CT molecular complexity index is 1700. The van der Waals surface area contributed by atoms with E-state index in [1.54, 1.807) is 0 Å². The van der Waals surface area contributed by atoms with Crippen LogP contribution in [0.5, 0.6) is 0 Å². The van der Waals surface area contributed by atoms with Crippen molar-refractivity contribution in [2.75, 3.05) is 40.9 Å². The Kier molecular flexibility index (Phi) is 66.8. The van der Waals surface area contributed by atoms with E-state index < -0.39 is 20.0 Å². The van der Waals surface area contributed by atoms with E-state index in [4.69, 9.17) is 13.8 Å². The van der Waals surface area contributed by atoms with Gasteiger partial charge in [-0.1, -0.05) is 332 Å². The van der Waals surface area contributed by atoms with Crippen molar-refractivity contribution < 1.29 is 37.3 Å². The third-order valence-electron chi connectivity index (χ3n) is 17.4. The average Bonchev–Trinajstić information content (AvgIpc) is 3.63. The van der Waals surface area contributed by atoms with Crippen LogP contribution in [0, 0.1) is 0 Å². The van der Waals surface area contributed by atoms with E-state index in [0.29, 0.717) is 23.9 Å². The van der Waals surface area contributed by atoms with Crippen molar-refractivity contribution in [2.45, 2.75) is 392 Å². The summed E-state index contributed by atoms with van der Waals surface area (Å²) in [5.41, 5.74) is 0. The number of amides is 1. The fraction of sp³-hybridized carbons (Fsp3) is 0.848. The topological polar surface area (TPSA) is 111 Å². The molecule has 0 fully saturated rings. The SMILES string of the molecule is CCCCC/C=C\C/C=C\C/C=C\CCCCCCCCCCCCCCCCC(=O)OC(/C=C/CCCCCCCCCCCCC)C(COP(=O)(O)OCC[N+](C)(C)C)NC(=O)CCCCCCCCCCCCCCC/C=C/CCCCCCCC. The number of hydrogen-bond acceptors (Lipinski definition) is 6. The van der Waals surface area contributed by atoms with Crippen molar-refractivity contribution in [3.63, 3.8) is 0 Å². The van der Waals surface area contributed by atoms with Crippen LogP contribution in [0.1, 0.15) is 380 Å². The number of nitrogens with zero attached hydrogens (tertiary/aromatic N) is 1. The van der Waals surface area contributed by atoms with Crippen LogP contribution < -0.4 is 5.32 Å². The molecule has 2 N–H and O–H groups in total. The fourth-order valence-electron chi connectivity index (χ4n) is 11.5. The van der Waals surface area contributed by atoms with E-state index in [1.807, 2.05) is 27.2 Å². The molecule has 10 heteroatoms. The van der Waals surface area contributed by atoms with Gasteiger partial charge in [0.05, 0.1) is 33.8 Å². The highest BCUT2D eigenvalue weighted by atomic mass is 31.2. The summed E-state index contributed by atoms with van der Waals surface area (Å²) in [5, 5.41) is 3.08. The van der Waals surface area contributed by atoms with Gasteiger partial charge in [-0.05, 0) is 96.0 Å². The molecule has 89 heavy (non-hydrogen) atoms. The van der Waals surface area contributed by atoms with Gasteiger partial charge in [0.2, 0.25) is 5.91 Å². The molecule has 0 rings (SSSR count). The summed E-state index contributed by atoms with van der Waals surface area (Å²) in [6.45, 7) is 7.04. The summed E-state index contributed by atoms with van der Waals surface area (Å²) in [6.07, 6.45) is 89.6. The zero-order valence-corrected chi connectivity index (χ0v) is 60.8. The number of esters is 1. The first-order valence-electron chi connectivity index (χ1n) is 38.6.